The summed E-state index contributed by atoms with van der Waals surface area (Å²) in [7, 11) is 0. The Morgan fingerprint density at radius 1 is 0.966 bits per heavy atom. The van der Waals surface area contributed by atoms with Crippen LogP contribution in [-0.4, -0.2) is 15.9 Å². The molecule has 0 unspecified atom stereocenters. The van der Waals surface area contributed by atoms with E-state index in [1.165, 1.54) is 4.68 Å². The van der Waals surface area contributed by atoms with Crippen LogP contribution >= 0.6 is 15.9 Å². The van der Waals surface area contributed by atoms with Gasteiger partial charge in [0.1, 0.15) is 5.58 Å². The van der Waals surface area contributed by atoms with E-state index in [4.69, 9.17) is 4.42 Å². The summed E-state index contributed by atoms with van der Waals surface area (Å²) in [4.78, 5) is 17.8. The molecule has 0 radical (unpaired) electrons. The molecular weight excluding hydrogens is 430 g/mol. The number of fused-ring (bicyclic) bond motifs is 2. The number of hydrogen-bond donors (Lipinski definition) is 0. The number of benzene rings is 3. The van der Waals surface area contributed by atoms with Gasteiger partial charge < -0.3 is 4.42 Å². The van der Waals surface area contributed by atoms with Crippen LogP contribution in [0.25, 0.3) is 33.5 Å². The molecule has 0 spiro atoms. The van der Waals surface area contributed by atoms with Crippen molar-refractivity contribution in [1.82, 2.24) is 9.66 Å². The van der Waals surface area contributed by atoms with Crippen molar-refractivity contribution >= 4 is 44.0 Å². The maximum Gasteiger partial charge on any atom is 0.282 e. The molecule has 0 fully saturated rings. The van der Waals surface area contributed by atoms with Gasteiger partial charge in [-0.25, -0.2) is 4.98 Å². The summed E-state index contributed by atoms with van der Waals surface area (Å²) in [5.41, 5.74) is 1.94. The topological polar surface area (TPSA) is 60.4 Å². The van der Waals surface area contributed by atoms with Crippen molar-refractivity contribution in [2.45, 2.75) is 0 Å². The molecule has 29 heavy (non-hydrogen) atoms. The van der Waals surface area contributed by atoms with E-state index in [2.05, 4.69) is 26.0 Å². The second kappa shape index (κ2) is 7.14. The van der Waals surface area contributed by atoms with Crippen molar-refractivity contribution in [1.29, 1.82) is 0 Å². The zero-order valence-corrected chi connectivity index (χ0v) is 16.7. The SMILES string of the molecule is O=c1c2ccccc2nc(-c2cc3ccccc3o2)n1N=Cc1ccc(Br)cc1. The van der Waals surface area contributed by atoms with Gasteiger partial charge in [0.2, 0.25) is 5.82 Å². The molecule has 0 bridgehead atoms. The minimum absolute atomic E-state index is 0.251. The highest BCUT2D eigenvalue weighted by atomic mass is 79.9. The first kappa shape index (κ1) is 17.6. The van der Waals surface area contributed by atoms with Crippen LogP contribution < -0.4 is 5.56 Å². The minimum Gasteiger partial charge on any atom is -0.453 e. The van der Waals surface area contributed by atoms with E-state index in [1.54, 1.807) is 12.3 Å². The van der Waals surface area contributed by atoms with E-state index in [0.717, 1.165) is 21.0 Å². The fourth-order valence-electron chi connectivity index (χ4n) is 3.16. The van der Waals surface area contributed by atoms with Crippen LogP contribution in [0.3, 0.4) is 0 Å². The average molecular weight is 444 g/mol. The molecule has 140 valence electrons. The van der Waals surface area contributed by atoms with Crippen LogP contribution in [0.5, 0.6) is 0 Å². The maximum absolute atomic E-state index is 13.2. The van der Waals surface area contributed by atoms with Crippen molar-refractivity contribution in [2.75, 3.05) is 0 Å². The lowest BCUT2D eigenvalue weighted by atomic mass is 10.2. The quantitative estimate of drug-likeness (QED) is 0.348. The Kier molecular flexibility index (Phi) is 4.33. The zero-order chi connectivity index (χ0) is 19.8. The smallest absolute Gasteiger partial charge is 0.282 e. The van der Waals surface area contributed by atoms with E-state index < -0.39 is 0 Å². The van der Waals surface area contributed by atoms with E-state index in [9.17, 15) is 4.79 Å². The molecule has 0 amide bonds. The van der Waals surface area contributed by atoms with Gasteiger partial charge in [0, 0.05) is 9.86 Å². The molecular formula is C23H14BrN3O2. The fraction of sp³-hybridized carbons (Fsp3) is 0. The highest BCUT2D eigenvalue weighted by Crippen LogP contribution is 2.27. The average Bonchev–Trinajstić information content (AvgIpc) is 3.18. The van der Waals surface area contributed by atoms with Gasteiger partial charge in [-0.05, 0) is 42.0 Å². The van der Waals surface area contributed by atoms with Crippen molar-refractivity contribution < 1.29 is 4.42 Å². The van der Waals surface area contributed by atoms with Gasteiger partial charge in [-0.15, -0.1) is 0 Å². The molecule has 0 saturated heterocycles. The summed E-state index contributed by atoms with van der Waals surface area (Å²) in [6.07, 6.45) is 1.64. The monoisotopic (exact) mass is 443 g/mol. The van der Waals surface area contributed by atoms with Crippen LogP contribution in [0.1, 0.15) is 5.56 Å². The third-order valence-corrected chi connectivity index (χ3v) is 5.12. The van der Waals surface area contributed by atoms with Crippen LogP contribution in [0, 0.1) is 0 Å². The van der Waals surface area contributed by atoms with E-state index in [0.29, 0.717) is 22.5 Å². The van der Waals surface area contributed by atoms with Gasteiger partial charge in [-0.3, -0.25) is 4.79 Å². The lowest BCUT2D eigenvalue weighted by Crippen LogP contribution is -2.20. The Balaban J connectivity index is 1.74. The number of halogens is 1. The maximum atomic E-state index is 13.2. The fourth-order valence-corrected chi connectivity index (χ4v) is 3.42. The number of rotatable bonds is 3. The number of para-hydroxylation sites is 2. The molecule has 0 aliphatic rings. The molecule has 0 aliphatic carbocycles. The predicted molar refractivity (Wildman–Crippen MR) is 118 cm³/mol. The molecule has 5 rings (SSSR count). The number of nitrogens with zero attached hydrogens (tertiary/aromatic N) is 3. The van der Waals surface area contributed by atoms with Crippen molar-refractivity contribution in [2.24, 2.45) is 5.10 Å². The molecule has 2 heterocycles. The Morgan fingerprint density at radius 3 is 2.55 bits per heavy atom. The first-order valence-corrected chi connectivity index (χ1v) is 9.79. The molecule has 0 aliphatic heterocycles. The van der Waals surface area contributed by atoms with Crippen molar-refractivity contribution in [3.63, 3.8) is 0 Å². The molecule has 6 heteroatoms. The highest BCUT2D eigenvalue weighted by molar-refractivity contribution is 9.10. The van der Waals surface area contributed by atoms with Crippen LogP contribution in [0.2, 0.25) is 0 Å². The molecule has 5 aromatic rings. The lowest BCUT2D eigenvalue weighted by Gasteiger charge is -2.07. The normalized spacial score (nSPS) is 11.6. The summed E-state index contributed by atoms with van der Waals surface area (Å²) in [5.74, 6) is 0.847. The van der Waals surface area contributed by atoms with E-state index >= 15 is 0 Å². The highest BCUT2D eigenvalue weighted by Gasteiger charge is 2.16. The van der Waals surface area contributed by atoms with Gasteiger partial charge in [0.15, 0.2) is 5.76 Å². The summed E-state index contributed by atoms with van der Waals surface area (Å²) < 4.78 is 8.23. The number of furan rings is 1. The largest absolute Gasteiger partial charge is 0.453 e. The van der Waals surface area contributed by atoms with Gasteiger partial charge in [-0.2, -0.15) is 9.78 Å². The van der Waals surface area contributed by atoms with Crippen molar-refractivity contribution in [3.05, 3.63) is 99.3 Å². The summed E-state index contributed by atoms with van der Waals surface area (Å²) in [6.45, 7) is 0. The summed E-state index contributed by atoms with van der Waals surface area (Å²) >= 11 is 3.42. The third-order valence-electron chi connectivity index (χ3n) is 4.59. The standard InChI is InChI=1S/C23H14BrN3O2/c24-17-11-9-15(10-12-17)14-25-27-22(21-13-16-5-1-4-8-20(16)29-21)26-19-7-3-2-6-18(19)23(27)28/h1-14H. The first-order valence-electron chi connectivity index (χ1n) is 9.00. The van der Waals surface area contributed by atoms with E-state index in [-0.39, 0.29) is 5.56 Å². The lowest BCUT2D eigenvalue weighted by molar-refractivity contribution is 0.616. The van der Waals surface area contributed by atoms with Gasteiger partial charge in [0.25, 0.3) is 5.56 Å². The molecule has 2 aromatic heterocycles. The van der Waals surface area contributed by atoms with Gasteiger partial charge in [-0.1, -0.05) is 58.4 Å². The Bertz CT molecular complexity index is 1400. The molecule has 5 nitrogen and oxygen atoms in total. The van der Waals surface area contributed by atoms with Crippen LogP contribution in [0.4, 0.5) is 0 Å². The zero-order valence-electron chi connectivity index (χ0n) is 15.1. The predicted octanol–water partition coefficient (Wildman–Crippen LogP) is 5.45. The Labute approximate surface area is 174 Å². The van der Waals surface area contributed by atoms with Gasteiger partial charge in [0.05, 0.1) is 17.1 Å². The number of hydrogen-bond acceptors (Lipinski definition) is 4. The second-order valence-corrected chi connectivity index (χ2v) is 7.43. The molecule has 0 saturated carbocycles. The molecule has 0 atom stereocenters. The molecule has 0 N–H and O–H groups in total. The Hall–Kier alpha value is -3.51. The second-order valence-electron chi connectivity index (χ2n) is 6.51. The number of aromatic nitrogens is 2. The summed E-state index contributed by atoms with van der Waals surface area (Å²) in [5, 5.41) is 5.88. The minimum atomic E-state index is -0.251. The third kappa shape index (κ3) is 3.28. The van der Waals surface area contributed by atoms with E-state index in [1.807, 2.05) is 72.8 Å². The first-order chi connectivity index (χ1) is 14.2. The van der Waals surface area contributed by atoms with Gasteiger partial charge >= 0.3 is 0 Å². The van der Waals surface area contributed by atoms with Crippen LogP contribution in [-0.2, 0) is 0 Å². The van der Waals surface area contributed by atoms with Crippen molar-refractivity contribution in [3.8, 4) is 11.6 Å². The van der Waals surface area contributed by atoms with Crippen LogP contribution in [0.15, 0.2) is 97.6 Å². The Morgan fingerprint density at radius 2 is 1.72 bits per heavy atom. The molecule has 3 aromatic carbocycles. The summed E-state index contributed by atoms with van der Waals surface area (Å²) in [6, 6.07) is 24.4.